The zero-order valence-electron chi connectivity index (χ0n) is 19.4. The van der Waals surface area contributed by atoms with Crippen molar-refractivity contribution < 1.29 is 14.6 Å². The molecule has 3 aromatic rings. The monoisotopic (exact) mass is 457 g/mol. The number of hydrogen-bond donors (Lipinski definition) is 1. The van der Waals surface area contributed by atoms with Crippen molar-refractivity contribution in [3.63, 3.8) is 0 Å². The molecule has 8 nitrogen and oxygen atoms in total. The second kappa shape index (κ2) is 9.01. The number of nitrogens with zero attached hydrogens (tertiary/aromatic N) is 5. The number of benzene rings is 1. The number of carbonyl (C=O) groups excluding carboxylic acids is 1. The standard InChI is InChI=1S/C26H27N5O3/c1-16-5-25(28-9-21(16)7-27)31-12-19(8-29-31)11-30-10-18(14-32)6-20(13-30)22-3-4-23-24(17(22)2)15-34-26(23)33/h3-5,8-9,12,18,20,32H,6,10-11,13-15H2,1-2H3. The molecule has 0 spiro atoms. The van der Waals surface area contributed by atoms with Crippen LogP contribution in [0.2, 0.25) is 0 Å². The van der Waals surface area contributed by atoms with Crippen molar-refractivity contribution in [3.05, 3.63) is 75.7 Å². The third kappa shape index (κ3) is 4.09. The molecule has 1 N–H and O–H groups in total. The van der Waals surface area contributed by atoms with E-state index in [9.17, 15) is 9.90 Å². The number of rotatable bonds is 5. The summed E-state index contributed by atoms with van der Waals surface area (Å²) in [5.41, 5.74) is 6.51. The van der Waals surface area contributed by atoms with Gasteiger partial charge in [0.1, 0.15) is 12.7 Å². The van der Waals surface area contributed by atoms with Crippen LogP contribution in [-0.2, 0) is 17.9 Å². The second-order valence-electron chi connectivity index (χ2n) is 9.32. The van der Waals surface area contributed by atoms with Crippen LogP contribution in [0.5, 0.6) is 0 Å². The summed E-state index contributed by atoms with van der Waals surface area (Å²) in [5, 5.41) is 23.6. The number of aliphatic hydroxyl groups is 1. The normalized spacial score (nSPS) is 20.1. The number of hydrogen-bond acceptors (Lipinski definition) is 7. The smallest absolute Gasteiger partial charge is 0.338 e. The van der Waals surface area contributed by atoms with Gasteiger partial charge in [0.15, 0.2) is 5.82 Å². The quantitative estimate of drug-likeness (QED) is 0.587. The van der Waals surface area contributed by atoms with Gasteiger partial charge in [0, 0.05) is 49.8 Å². The van der Waals surface area contributed by atoms with Crippen LogP contribution in [0.25, 0.3) is 5.82 Å². The van der Waals surface area contributed by atoms with Gasteiger partial charge in [0.2, 0.25) is 0 Å². The highest BCUT2D eigenvalue weighted by Gasteiger charge is 2.31. The van der Waals surface area contributed by atoms with Crippen molar-refractivity contribution in [2.45, 2.75) is 39.3 Å². The highest BCUT2D eigenvalue weighted by molar-refractivity contribution is 5.94. The first-order valence-electron chi connectivity index (χ1n) is 11.5. The maximum Gasteiger partial charge on any atom is 0.338 e. The van der Waals surface area contributed by atoms with E-state index in [-0.39, 0.29) is 24.4 Å². The number of aliphatic hydroxyl groups excluding tert-OH is 1. The van der Waals surface area contributed by atoms with Crippen molar-refractivity contribution >= 4 is 5.97 Å². The van der Waals surface area contributed by atoms with E-state index in [0.29, 0.717) is 30.1 Å². The van der Waals surface area contributed by atoms with Crippen LogP contribution in [0.4, 0.5) is 0 Å². The number of pyridine rings is 1. The minimum atomic E-state index is -0.243. The Morgan fingerprint density at radius 3 is 2.88 bits per heavy atom. The van der Waals surface area contributed by atoms with E-state index in [1.54, 1.807) is 10.9 Å². The van der Waals surface area contributed by atoms with Crippen LogP contribution in [0.1, 0.15) is 56.1 Å². The van der Waals surface area contributed by atoms with Gasteiger partial charge in [-0.2, -0.15) is 10.4 Å². The van der Waals surface area contributed by atoms with Crippen molar-refractivity contribution in [3.8, 4) is 11.9 Å². The molecule has 1 saturated heterocycles. The Bertz CT molecular complexity index is 1290. The highest BCUT2D eigenvalue weighted by atomic mass is 16.5. The molecule has 2 aromatic heterocycles. The van der Waals surface area contributed by atoms with Crippen LogP contribution in [0.3, 0.4) is 0 Å². The van der Waals surface area contributed by atoms with Gasteiger partial charge < -0.3 is 9.84 Å². The van der Waals surface area contributed by atoms with E-state index in [2.05, 4.69) is 34.0 Å². The number of aryl methyl sites for hydroxylation is 1. The molecule has 8 heteroatoms. The average molecular weight is 458 g/mol. The maximum atomic E-state index is 11.9. The molecule has 174 valence electrons. The summed E-state index contributed by atoms with van der Waals surface area (Å²) in [7, 11) is 0. The average Bonchev–Trinajstić information content (AvgIpc) is 3.46. The van der Waals surface area contributed by atoms with Crippen LogP contribution in [0, 0.1) is 31.1 Å². The molecule has 34 heavy (non-hydrogen) atoms. The van der Waals surface area contributed by atoms with Crippen molar-refractivity contribution in [2.75, 3.05) is 19.7 Å². The first-order valence-corrected chi connectivity index (χ1v) is 11.5. The van der Waals surface area contributed by atoms with Crippen LogP contribution in [-0.4, -0.2) is 50.4 Å². The van der Waals surface area contributed by atoms with E-state index in [4.69, 9.17) is 10.00 Å². The van der Waals surface area contributed by atoms with Crippen molar-refractivity contribution in [1.82, 2.24) is 19.7 Å². The second-order valence-corrected chi connectivity index (χ2v) is 9.32. The molecule has 1 aromatic carbocycles. The van der Waals surface area contributed by atoms with Crippen LogP contribution in [0.15, 0.2) is 36.8 Å². The van der Waals surface area contributed by atoms with E-state index in [0.717, 1.165) is 41.8 Å². The van der Waals surface area contributed by atoms with Crippen LogP contribution < -0.4 is 0 Å². The SMILES string of the molecule is Cc1cc(-n2cc(CN3CC(CO)CC(c4ccc5c(c4C)COC5=O)C3)cn2)ncc1C#N. The predicted molar refractivity (Wildman–Crippen MR) is 124 cm³/mol. The number of aromatic nitrogens is 3. The minimum Gasteiger partial charge on any atom is -0.457 e. The molecule has 0 aliphatic carbocycles. The Morgan fingerprint density at radius 2 is 2.12 bits per heavy atom. The summed E-state index contributed by atoms with van der Waals surface area (Å²) >= 11 is 0. The fourth-order valence-electron chi connectivity index (χ4n) is 5.21. The van der Waals surface area contributed by atoms with Gasteiger partial charge in [-0.3, -0.25) is 4.90 Å². The molecule has 1 fully saturated rings. The number of esters is 1. The Kier molecular flexibility index (Phi) is 5.90. The molecule has 2 aliphatic heterocycles. The third-order valence-corrected chi connectivity index (χ3v) is 7.01. The number of carbonyl (C=O) groups is 1. The number of likely N-dealkylation sites (tertiary alicyclic amines) is 1. The molecule has 0 saturated carbocycles. The zero-order valence-corrected chi connectivity index (χ0v) is 19.4. The molecule has 0 radical (unpaired) electrons. The summed E-state index contributed by atoms with van der Waals surface area (Å²) in [6.07, 6.45) is 6.30. The summed E-state index contributed by atoms with van der Waals surface area (Å²) in [5.74, 6) is 0.886. The van der Waals surface area contributed by atoms with Crippen molar-refractivity contribution in [2.24, 2.45) is 5.92 Å². The maximum absolute atomic E-state index is 11.9. The Hall–Kier alpha value is -3.54. The molecule has 4 heterocycles. The van der Waals surface area contributed by atoms with E-state index < -0.39 is 0 Å². The Balaban J connectivity index is 1.35. The predicted octanol–water partition coefficient (Wildman–Crippen LogP) is 3.02. The number of fused-ring (bicyclic) bond motifs is 1. The highest BCUT2D eigenvalue weighted by Crippen LogP contribution is 2.36. The lowest BCUT2D eigenvalue weighted by atomic mass is 9.81. The van der Waals surface area contributed by atoms with Gasteiger partial charge in [-0.05, 0) is 60.9 Å². The molecule has 2 aliphatic rings. The lowest BCUT2D eigenvalue weighted by molar-refractivity contribution is 0.0535. The topological polar surface area (TPSA) is 104 Å². The lowest BCUT2D eigenvalue weighted by Gasteiger charge is -2.38. The number of cyclic esters (lactones) is 1. The summed E-state index contributed by atoms with van der Waals surface area (Å²) in [6.45, 7) is 6.85. The number of ether oxygens (including phenoxy) is 1. The fraction of sp³-hybridized carbons (Fsp3) is 0.385. The molecule has 2 unspecified atom stereocenters. The summed E-state index contributed by atoms with van der Waals surface area (Å²) in [4.78, 5) is 18.6. The van der Waals surface area contributed by atoms with E-state index in [1.165, 1.54) is 5.56 Å². The minimum absolute atomic E-state index is 0.145. The zero-order chi connectivity index (χ0) is 23.8. The molecule has 2 atom stereocenters. The van der Waals surface area contributed by atoms with E-state index >= 15 is 0 Å². The fourth-order valence-corrected chi connectivity index (χ4v) is 5.21. The molecular weight excluding hydrogens is 430 g/mol. The molecule has 5 rings (SSSR count). The van der Waals surface area contributed by atoms with Gasteiger partial charge >= 0.3 is 5.97 Å². The van der Waals surface area contributed by atoms with Gasteiger partial charge in [0.05, 0.1) is 17.3 Å². The van der Waals surface area contributed by atoms with Gasteiger partial charge in [-0.1, -0.05) is 6.07 Å². The Morgan fingerprint density at radius 1 is 1.26 bits per heavy atom. The number of piperidine rings is 1. The largest absolute Gasteiger partial charge is 0.457 e. The number of nitriles is 1. The first kappa shape index (κ1) is 22.3. The Labute approximate surface area is 198 Å². The van der Waals surface area contributed by atoms with Gasteiger partial charge in [-0.25, -0.2) is 14.5 Å². The lowest BCUT2D eigenvalue weighted by Crippen LogP contribution is -2.40. The van der Waals surface area contributed by atoms with Crippen LogP contribution >= 0.6 is 0 Å². The summed E-state index contributed by atoms with van der Waals surface area (Å²) in [6, 6.07) is 7.94. The summed E-state index contributed by atoms with van der Waals surface area (Å²) < 4.78 is 6.96. The first-order chi connectivity index (χ1) is 16.5. The van der Waals surface area contributed by atoms with Gasteiger partial charge in [-0.15, -0.1) is 0 Å². The van der Waals surface area contributed by atoms with Crippen molar-refractivity contribution in [1.29, 1.82) is 5.26 Å². The molecule has 0 bridgehead atoms. The molecular formula is C26H27N5O3. The third-order valence-electron chi connectivity index (χ3n) is 7.01. The van der Waals surface area contributed by atoms with Gasteiger partial charge in [0.25, 0.3) is 0 Å². The van der Waals surface area contributed by atoms with E-state index in [1.807, 2.05) is 31.5 Å². The molecule has 0 amide bonds.